The van der Waals surface area contributed by atoms with Crippen molar-refractivity contribution in [2.45, 2.75) is 18.7 Å². The highest BCUT2D eigenvalue weighted by molar-refractivity contribution is 8.47. The molecule has 1 atom stereocenters. The molecule has 0 aromatic heterocycles. The number of carbonyl (C=O) groups excluding carboxylic acids is 1. The first-order chi connectivity index (χ1) is 5.22. The van der Waals surface area contributed by atoms with Crippen LogP contribution in [0.5, 0.6) is 0 Å². The van der Waals surface area contributed by atoms with Gasteiger partial charge in [-0.25, -0.2) is 0 Å². The molecule has 1 unspecified atom stereocenters. The Morgan fingerprint density at radius 1 is 1.91 bits per heavy atom. The first-order valence-electron chi connectivity index (χ1n) is 3.35. The fourth-order valence-electron chi connectivity index (χ4n) is 0.666. The van der Waals surface area contributed by atoms with Gasteiger partial charge in [-0.15, -0.1) is 11.8 Å². The molecule has 62 valence electrons. The van der Waals surface area contributed by atoms with Crippen molar-refractivity contribution in [2.24, 2.45) is 0 Å². The van der Waals surface area contributed by atoms with E-state index in [4.69, 9.17) is 12.2 Å². The van der Waals surface area contributed by atoms with Gasteiger partial charge >= 0.3 is 0 Å². The van der Waals surface area contributed by atoms with Crippen molar-refractivity contribution in [1.29, 1.82) is 0 Å². The Hall–Kier alpha value is 0.260. The van der Waals surface area contributed by atoms with Crippen LogP contribution in [0.2, 0.25) is 0 Å². The molecule has 2 nitrogen and oxygen atoms in total. The molecule has 0 radical (unpaired) electrons. The van der Waals surface area contributed by atoms with E-state index in [1.807, 2.05) is 0 Å². The minimum Gasteiger partial charge on any atom is -0.343 e. The van der Waals surface area contributed by atoms with Crippen LogP contribution in [0.15, 0.2) is 0 Å². The zero-order chi connectivity index (χ0) is 8.27. The van der Waals surface area contributed by atoms with Gasteiger partial charge in [0.25, 0.3) is 0 Å². The van der Waals surface area contributed by atoms with Gasteiger partial charge in [0.15, 0.2) is 0 Å². The van der Waals surface area contributed by atoms with E-state index in [9.17, 15) is 4.79 Å². The van der Waals surface area contributed by atoms with Crippen LogP contribution >= 0.6 is 35.7 Å². The lowest BCUT2D eigenvalue weighted by molar-refractivity contribution is -0.126. The number of rotatable bonds is 2. The van der Waals surface area contributed by atoms with Crippen molar-refractivity contribution >= 4 is 45.2 Å². The SMILES string of the molecule is CCSC(=S)SC1CC(=O)N1. The van der Waals surface area contributed by atoms with Gasteiger partial charge in [-0.05, 0) is 5.75 Å². The summed E-state index contributed by atoms with van der Waals surface area (Å²) in [4.78, 5) is 10.5. The summed E-state index contributed by atoms with van der Waals surface area (Å²) in [5, 5.41) is 3.00. The van der Waals surface area contributed by atoms with Crippen LogP contribution in [0.3, 0.4) is 0 Å². The summed E-state index contributed by atoms with van der Waals surface area (Å²) >= 11 is 8.27. The molecular formula is C6H9NOS3. The van der Waals surface area contributed by atoms with E-state index in [-0.39, 0.29) is 11.3 Å². The lowest BCUT2D eigenvalue weighted by atomic mass is 10.3. The topological polar surface area (TPSA) is 29.1 Å². The second-order valence-corrected chi connectivity index (χ2v) is 5.73. The van der Waals surface area contributed by atoms with Crippen molar-refractivity contribution in [3.63, 3.8) is 0 Å². The van der Waals surface area contributed by atoms with Crippen LogP contribution < -0.4 is 5.32 Å². The molecule has 0 saturated carbocycles. The number of hydrogen-bond donors (Lipinski definition) is 1. The standard InChI is InChI=1S/C6H9NOS3/c1-2-10-6(9)11-5-3-4(8)7-5/h5H,2-3H2,1H3,(H,7,8). The molecule has 1 rings (SSSR count). The van der Waals surface area contributed by atoms with Gasteiger partial charge < -0.3 is 5.32 Å². The summed E-state index contributed by atoms with van der Waals surface area (Å²) < 4.78 is 0.928. The lowest BCUT2D eigenvalue weighted by Gasteiger charge is -2.25. The Morgan fingerprint density at radius 2 is 2.55 bits per heavy atom. The van der Waals surface area contributed by atoms with Crippen molar-refractivity contribution in [3.05, 3.63) is 0 Å². The average molecular weight is 207 g/mol. The number of thiocarbonyl (C=S) groups is 1. The Bertz CT molecular complexity index is 175. The molecule has 0 aliphatic carbocycles. The molecule has 5 heteroatoms. The fourth-order valence-corrected chi connectivity index (χ4v) is 3.24. The number of thioether (sulfide) groups is 2. The number of amides is 1. The van der Waals surface area contributed by atoms with Gasteiger partial charge in [-0.1, -0.05) is 30.9 Å². The second kappa shape index (κ2) is 4.33. The van der Waals surface area contributed by atoms with Crippen LogP contribution in [0.1, 0.15) is 13.3 Å². The maximum atomic E-state index is 10.5. The lowest BCUT2D eigenvalue weighted by Crippen LogP contribution is -2.46. The van der Waals surface area contributed by atoms with Crippen LogP contribution in [-0.2, 0) is 4.79 Å². The molecule has 1 N–H and O–H groups in total. The van der Waals surface area contributed by atoms with Gasteiger partial charge in [-0.2, -0.15) is 0 Å². The molecule has 11 heavy (non-hydrogen) atoms. The predicted molar refractivity (Wildman–Crippen MR) is 54.9 cm³/mol. The quantitative estimate of drug-likeness (QED) is 0.550. The van der Waals surface area contributed by atoms with Gasteiger partial charge in [0.05, 0.1) is 11.8 Å². The molecule has 0 aromatic rings. The minimum atomic E-state index is 0.131. The van der Waals surface area contributed by atoms with E-state index in [1.54, 1.807) is 23.5 Å². The van der Waals surface area contributed by atoms with Crippen molar-refractivity contribution in [2.75, 3.05) is 5.75 Å². The van der Waals surface area contributed by atoms with E-state index in [2.05, 4.69) is 12.2 Å². The molecule has 1 aliphatic heterocycles. The average Bonchev–Trinajstić information content (AvgIpc) is 1.85. The van der Waals surface area contributed by atoms with Crippen LogP contribution in [0, 0.1) is 0 Å². The second-order valence-electron chi connectivity index (χ2n) is 2.06. The van der Waals surface area contributed by atoms with Crippen LogP contribution in [-0.4, -0.2) is 20.6 Å². The Morgan fingerprint density at radius 3 is 3.00 bits per heavy atom. The van der Waals surface area contributed by atoms with Gasteiger partial charge in [-0.3, -0.25) is 4.79 Å². The molecular weight excluding hydrogens is 198 g/mol. The van der Waals surface area contributed by atoms with Crippen molar-refractivity contribution in [1.82, 2.24) is 5.32 Å². The first-order valence-corrected chi connectivity index (χ1v) is 5.62. The Balaban J connectivity index is 2.11. The highest BCUT2D eigenvalue weighted by atomic mass is 32.2. The third-order valence-electron chi connectivity index (χ3n) is 1.19. The third-order valence-corrected chi connectivity index (χ3v) is 3.76. The third kappa shape index (κ3) is 3.01. The number of β-lactam (4-membered cyclic amide) rings is 1. The number of nitrogens with one attached hydrogen (secondary N) is 1. The van der Waals surface area contributed by atoms with E-state index in [0.717, 1.165) is 9.28 Å². The minimum absolute atomic E-state index is 0.131. The predicted octanol–water partition coefficient (Wildman–Crippen LogP) is 1.60. The largest absolute Gasteiger partial charge is 0.343 e. The van der Waals surface area contributed by atoms with E-state index < -0.39 is 0 Å². The molecule has 1 heterocycles. The molecule has 0 spiro atoms. The highest BCUT2D eigenvalue weighted by Gasteiger charge is 2.26. The first kappa shape index (κ1) is 9.35. The fraction of sp³-hybridized carbons (Fsp3) is 0.667. The van der Waals surface area contributed by atoms with Crippen molar-refractivity contribution in [3.8, 4) is 0 Å². The monoisotopic (exact) mass is 207 g/mol. The molecule has 0 aromatic carbocycles. The van der Waals surface area contributed by atoms with Crippen molar-refractivity contribution < 1.29 is 4.79 Å². The van der Waals surface area contributed by atoms with E-state index in [0.29, 0.717) is 6.42 Å². The Labute approximate surface area is 79.9 Å². The molecule has 0 bridgehead atoms. The maximum absolute atomic E-state index is 10.5. The summed E-state index contributed by atoms with van der Waals surface area (Å²) in [5.41, 5.74) is 0. The zero-order valence-corrected chi connectivity index (χ0v) is 8.57. The van der Waals surface area contributed by atoms with Gasteiger partial charge in [0, 0.05) is 0 Å². The molecule has 1 amide bonds. The maximum Gasteiger partial charge on any atom is 0.223 e. The summed E-state index contributed by atoms with van der Waals surface area (Å²) in [6.45, 7) is 2.07. The van der Waals surface area contributed by atoms with Gasteiger partial charge in [0.1, 0.15) is 3.53 Å². The summed E-state index contributed by atoms with van der Waals surface area (Å²) in [5.74, 6) is 1.14. The highest BCUT2D eigenvalue weighted by Crippen LogP contribution is 2.25. The summed E-state index contributed by atoms with van der Waals surface area (Å²) in [6, 6.07) is 0. The summed E-state index contributed by atoms with van der Waals surface area (Å²) in [7, 11) is 0. The molecule has 1 aliphatic rings. The van der Waals surface area contributed by atoms with E-state index >= 15 is 0 Å². The Kier molecular flexibility index (Phi) is 3.68. The van der Waals surface area contributed by atoms with Gasteiger partial charge in [0.2, 0.25) is 5.91 Å². The zero-order valence-electron chi connectivity index (χ0n) is 6.12. The van der Waals surface area contributed by atoms with E-state index in [1.165, 1.54) is 0 Å². The molecule has 1 saturated heterocycles. The normalized spacial score (nSPS) is 22.3. The summed E-state index contributed by atoms with van der Waals surface area (Å²) in [6.07, 6.45) is 0.620. The van der Waals surface area contributed by atoms with Crippen LogP contribution in [0.25, 0.3) is 0 Å². The number of carbonyl (C=O) groups is 1. The number of hydrogen-bond acceptors (Lipinski definition) is 4. The molecule has 1 fully saturated rings. The smallest absolute Gasteiger partial charge is 0.223 e. The van der Waals surface area contributed by atoms with Crippen LogP contribution in [0.4, 0.5) is 0 Å².